The van der Waals surface area contributed by atoms with Crippen molar-refractivity contribution in [2.45, 2.75) is 12.5 Å². The predicted octanol–water partition coefficient (Wildman–Crippen LogP) is -0.259. The number of nitrogens with zero attached hydrogens (tertiary/aromatic N) is 1. The standard InChI is InChI=1S/C9H9N3O2/c10-7(13)4-6-8-5(9(14)12-6)2-1-3-11-8/h1-3,6H,4H2,(H2,10,13)(H,12,14). The fraction of sp³-hybridized carbons (Fsp3) is 0.222. The van der Waals surface area contributed by atoms with Crippen molar-refractivity contribution in [3.05, 3.63) is 29.6 Å². The van der Waals surface area contributed by atoms with Crippen molar-refractivity contribution >= 4 is 11.8 Å². The fourth-order valence-corrected chi connectivity index (χ4v) is 1.54. The molecule has 1 aliphatic rings. The average molecular weight is 191 g/mol. The highest BCUT2D eigenvalue weighted by atomic mass is 16.2. The van der Waals surface area contributed by atoms with Gasteiger partial charge in [0.1, 0.15) is 0 Å². The van der Waals surface area contributed by atoms with Crippen LogP contribution in [0.5, 0.6) is 0 Å². The number of rotatable bonds is 2. The molecule has 2 amide bonds. The molecule has 14 heavy (non-hydrogen) atoms. The number of hydrogen-bond donors (Lipinski definition) is 2. The largest absolute Gasteiger partial charge is 0.370 e. The lowest BCUT2D eigenvalue weighted by Gasteiger charge is -2.06. The summed E-state index contributed by atoms with van der Waals surface area (Å²) in [5.74, 6) is -0.645. The van der Waals surface area contributed by atoms with E-state index in [2.05, 4.69) is 10.3 Å². The summed E-state index contributed by atoms with van der Waals surface area (Å²) in [4.78, 5) is 26.1. The van der Waals surface area contributed by atoms with Crippen molar-refractivity contribution in [2.75, 3.05) is 0 Å². The highest BCUT2D eigenvalue weighted by Gasteiger charge is 2.30. The number of carbonyl (C=O) groups excluding carboxylic acids is 2. The minimum atomic E-state index is -0.450. The Morgan fingerprint density at radius 1 is 1.64 bits per heavy atom. The number of hydrogen-bond acceptors (Lipinski definition) is 3. The number of pyridine rings is 1. The third-order valence-corrected chi connectivity index (χ3v) is 2.12. The van der Waals surface area contributed by atoms with Crippen LogP contribution < -0.4 is 11.1 Å². The van der Waals surface area contributed by atoms with Crippen LogP contribution in [0.1, 0.15) is 28.5 Å². The zero-order valence-corrected chi connectivity index (χ0v) is 7.36. The van der Waals surface area contributed by atoms with Gasteiger partial charge in [-0.3, -0.25) is 14.6 Å². The number of aromatic nitrogens is 1. The number of primary amides is 1. The lowest BCUT2D eigenvalue weighted by Crippen LogP contribution is -2.24. The van der Waals surface area contributed by atoms with Gasteiger partial charge in [0, 0.05) is 6.20 Å². The third-order valence-electron chi connectivity index (χ3n) is 2.12. The van der Waals surface area contributed by atoms with E-state index in [9.17, 15) is 9.59 Å². The van der Waals surface area contributed by atoms with Crippen LogP contribution in [0.15, 0.2) is 18.3 Å². The number of amides is 2. The molecule has 1 atom stereocenters. The first kappa shape index (κ1) is 8.68. The van der Waals surface area contributed by atoms with Gasteiger partial charge in [0.25, 0.3) is 5.91 Å². The van der Waals surface area contributed by atoms with E-state index in [1.165, 1.54) is 0 Å². The topological polar surface area (TPSA) is 85.1 Å². The molecule has 5 heteroatoms. The maximum atomic E-state index is 11.4. The molecule has 0 radical (unpaired) electrons. The number of fused-ring (bicyclic) bond motifs is 1. The lowest BCUT2D eigenvalue weighted by molar-refractivity contribution is -0.118. The monoisotopic (exact) mass is 191 g/mol. The van der Waals surface area contributed by atoms with Crippen molar-refractivity contribution < 1.29 is 9.59 Å². The van der Waals surface area contributed by atoms with Crippen LogP contribution in [0.2, 0.25) is 0 Å². The van der Waals surface area contributed by atoms with E-state index < -0.39 is 5.91 Å². The second-order valence-electron chi connectivity index (χ2n) is 3.13. The Balaban J connectivity index is 2.34. The second kappa shape index (κ2) is 3.10. The molecule has 0 saturated carbocycles. The van der Waals surface area contributed by atoms with Crippen LogP contribution in [0.25, 0.3) is 0 Å². The van der Waals surface area contributed by atoms with Crippen LogP contribution in [-0.2, 0) is 4.79 Å². The molecule has 1 aliphatic heterocycles. The second-order valence-corrected chi connectivity index (χ2v) is 3.13. The molecule has 0 aromatic carbocycles. The smallest absolute Gasteiger partial charge is 0.253 e. The number of carbonyl (C=O) groups is 2. The van der Waals surface area contributed by atoms with Crippen LogP contribution in [0.3, 0.4) is 0 Å². The average Bonchev–Trinajstić information content (AvgIpc) is 2.44. The normalized spacial score (nSPS) is 18.9. The Morgan fingerprint density at radius 3 is 3.14 bits per heavy atom. The van der Waals surface area contributed by atoms with Gasteiger partial charge in [0.2, 0.25) is 5.91 Å². The van der Waals surface area contributed by atoms with E-state index in [1.54, 1.807) is 18.3 Å². The summed E-state index contributed by atoms with van der Waals surface area (Å²) in [6.45, 7) is 0. The van der Waals surface area contributed by atoms with Gasteiger partial charge in [-0.15, -0.1) is 0 Å². The van der Waals surface area contributed by atoms with E-state index in [0.717, 1.165) is 0 Å². The first-order valence-corrected chi connectivity index (χ1v) is 4.22. The molecular formula is C9H9N3O2. The minimum absolute atomic E-state index is 0.0930. The van der Waals surface area contributed by atoms with Crippen LogP contribution in [-0.4, -0.2) is 16.8 Å². The molecule has 1 aromatic heterocycles. The van der Waals surface area contributed by atoms with E-state index in [4.69, 9.17) is 5.73 Å². The zero-order valence-electron chi connectivity index (χ0n) is 7.36. The van der Waals surface area contributed by atoms with E-state index in [-0.39, 0.29) is 18.4 Å². The molecule has 5 nitrogen and oxygen atoms in total. The van der Waals surface area contributed by atoms with Gasteiger partial charge in [-0.25, -0.2) is 0 Å². The summed E-state index contributed by atoms with van der Waals surface area (Å²) in [6, 6.07) is 3.00. The van der Waals surface area contributed by atoms with E-state index >= 15 is 0 Å². The minimum Gasteiger partial charge on any atom is -0.370 e. The van der Waals surface area contributed by atoms with Gasteiger partial charge in [-0.1, -0.05) is 0 Å². The molecule has 0 aliphatic carbocycles. The quantitative estimate of drug-likeness (QED) is 0.675. The molecule has 2 heterocycles. The molecule has 0 spiro atoms. The summed E-state index contributed by atoms with van der Waals surface area (Å²) >= 11 is 0. The third kappa shape index (κ3) is 1.32. The highest BCUT2D eigenvalue weighted by Crippen LogP contribution is 2.24. The van der Waals surface area contributed by atoms with Crippen LogP contribution >= 0.6 is 0 Å². The SMILES string of the molecule is NC(=O)CC1NC(=O)c2cccnc21. The molecule has 0 fully saturated rings. The van der Waals surface area contributed by atoms with Gasteiger partial charge in [-0.2, -0.15) is 0 Å². The number of nitrogens with one attached hydrogen (secondary N) is 1. The first-order valence-electron chi connectivity index (χ1n) is 4.22. The number of nitrogens with two attached hydrogens (primary N) is 1. The first-order chi connectivity index (χ1) is 6.68. The Morgan fingerprint density at radius 2 is 2.43 bits per heavy atom. The summed E-state index contributed by atoms with van der Waals surface area (Å²) < 4.78 is 0. The van der Waals surface area contributed by atoms with Crippen LogP contribution in [0, 0.1) is 0 Å². The van der Waals surface area contributed by atoms with Gasteiger partial charge < -0.3 is 11.1 Å². The Labute approximate surface area is 80.3 Å². The molecule has 0 saturated heterocycles. The van der Waals surface area contributed by atoms with Gasteiger partial charge in [0.05, 0.1) is 23.7 Å². The van der Waals surface area contributed by atoms with Crippen molar-refractivity contribution in [2.24, 2.45) is 5.73 Å². The zero-order chi connectivity index (χ0) is 10.1. The molecule has 0 bridgehead atoms. The van der Waals surface area contributed by atoms with Crippen molar-refractivity contribution in [3.63, 3.8) is 0 Å². The molecule has 3 N–H and O–H groups in total. The summed E-state index contributed by atoms with van der Waals surface area (Å²) in [7, 11) is 0. The van der Waals surface area contributed by atoms with Gasteiger partial charge in [-0.05, 0) is 12.1 Å². The molecular weight excluding hydrogens is 182 g/mol. The Hall–Kier alpha value is -1.91. The summed E-state index contributed by atoms with van der Waals surface area (Å²) in [5.41, 5.74) is 6.19. The maximum absolute atomic E-state index is 11.4. The Bertz CT molecular complexity index is 401. The van der Waals surface area contributed by atoms with Crippen LogP contribution in [0.4, 0.5) is 0 Å². The predicted molar refractivity (Wildman–Crippen MR) is 48.3 cm³/mol. The van der Waals surface area contributed by atoms with Crippen molar-refractivity contribution in [1.29, 1.82) is 0 Å². The van der Waals surface area contributed by atoms with E-state index in [1.807, 2.05) is 0 Å². The molecule has 1 aromatic rings. The fourth-order valence-electron chi connectivity index (χ4n) is 1.54. The van der Waals surface area contributed by atoms with E-state index in [0.29, 0.717) is 11.3 Å². The lowest BCUT2D eigenvalue weighted by atomic mass is 10.1. The van der Waals surface area contributed by atoms with Gasteiger partial charge >= 0.3 is 0 Å². The van der Waals surface area contributed by atoms with Gasteiger partial charge in [0.15, 0.2) is 0 Å². The van der Waals surface area contributed by atoms with Crippen molar-refractivity contribution in [1.82, 2.24) is 10.3 Å². The summed E-state index contributed by atoms with van der Waals surface area (Å²) in [5, 5.41) is 2.65. The molecule has 1 unspecified atom stereocenters. The summed E-state index contributed by atoms with van der Waals surface area (Å²) in [6.07, 6.45) is 1.68. The molecule has 2 rings (SSSR count). The highest BCUT2D eigenvalue weighted by molar-refractivity contribution is 5.99. The molecule has 72 valence electrons. The maximum Gasteiger partial charge on any atom is 0.253 e. The van der Waals surface area contributed by atoms with Crippen molar-refractivity contribution in [3.8, 4) is 0 Å². The Kier molecular flexibility index (Phi) is 1.92.